The third kappa shape index (κ3) is 3.51. The molecule has 1 aromatic rings. The van der Waals surface area contributed by atoms with Gasteiger partial charge in [-0.25, -0.2) is 9.78 Å². The molecule has 0 aliphatic carbocycles. The average Bonchev–Trinajstić information content (AvgIpc) is 2.16. The summed E-state index contributed by atoms with van der Waals surface area (Å²) in [5.41, 5.74) is 0.202. The highest BCUT2D eigenvalue weighted by Gasteiger charge is 2.12. The predicted molar refractivity (Wildman–Crippen MR) is 62.8 cm³/mol. The number of nitrogens with one attached hydrogen (secondary N) is 1. The lowest BCUT2D eigenvalue weighted by Gasteiger charge is -2.19. The normalized spacial score (nSPS) is 12.5. The second-order valence-electron chi connectivity index (χ2n) is 4.01. The van der Waals surface area contributed by atoms with E-state index < -0.39 is 5.97 Å². The molecule has 1 atom stereocenters. The van der Waals surface area contributed by atoms with Gasteiger partial charge in [-0.1, -0.05) is 0 Å². The number of aromatic nitrogens is 1. The third-order valence-electron chi connectivity index (χ3n) is 2.06. The summed E-state index contributed by atoms with van der Waals surface area (Å²) in [6, 6.07) is 3.30. The van der Waals surface area contributed by atoms with E-state index in [1.165, 1.54) is 0 Å². The van der Waals surface area contributed by atoms with Gasteiger partial charge < -0.3 is 15.3 Å². The van der Waals surface area contributed by atoms with Gasteiger partial charge in [-0.2, -0.15) is 0 Å². The molecule has 16 heavy (non-hydrogen) atoms. The van der Waals surface area contributed by atoms with Crippen molar-refractivity contribution < 1.29 is 9.90 Å². The lowest BCUT2D eigenvalue weighted by atomic mass is 10.2. The maximum Gasteiger partial charge on any atom is 0.339 e. The van der Waals surface area contributed by atoms with E-state index in [1.807, 2.05) is 25.9 Å². The minimum Gasteiger partial charge on any atom is -0.478 e. The van der Waals surface area contributed by atoms with Crippen LogP contribution < -0.4 is 5.32 Å². The first kappa shape index (κ1) is 12.4. The van der Waals surface area contributed by atoms with Crippen molar-refractivity contribution in [2.75, 3.05) is 26.0 Å². The molecular formula is C11H17N3O2. The molecule has 1 rings (SSSR count). The molecule has 0 aliphatic heterocycles. The zero-order valence-electron chi connectivity index (χ0n) is 9.77. The molecule has 1 aromatic heterocycles. The van der Waals surface area contributed by atoms with E-state index in [4.69, 9.17) is 5.11 Å². The van der Waals surface area contributed by atoms with E-state index in [0.29, 0.717) is 5.82 Å². The van der Waals surface area contributed by atoms with Crippen LogP contribution in [0.15, 0.2) is 18.3 Å². The zero-order chi connectivity index (χ0) is 12.1. The second kappa shape index (κ2) is 5.46. The van der Waals surface area contributed by atoms with Gasteiger partial charge in [0.2, 0.25) is 0 Å². The van der Waals surface area contributed by atoms with Crippen LogP contribution in [0, 0.1) is 0 Å². The molecule has 0 aliphatic rings. The van der Waals surface area contributed by atoms with Gasteiger partial charge in [-0.15, -0.1) is 0 Å². The first-order chi connectivity index (χ1) is 7.50. The Hall–Kier alpha value is -1.62. The number of anilines is 1. The van der Waals surface area contributed by atoms with Crippen molar-refractivity contribution >= 4 is 11.8 Å². The second-order valence-corrected chi connectivity index (χ2v) is 4.01. The van der Waals surface area contributed by atoms with Gasteiger partial charge >= 0.3 is 5.97 Å². The molecular weight excluding hydrogens is 206 g/mol. The molecule has 0 bridgehead atoms. The molecule has 0 saturated heterocycles. The Morgan fingerprint density at radius 2 is 2.31 bits per heavy atom. The van der Waals surface area contributed by atoms with Crippen LogP contribution in [0.25, 0.3) is 0 Å². The summed E-state index contributed by atoms with van der Waals surface area (Å²) in [4.78, 5) is 17.0. The number of rotatable bonds is 5. The Morgan fingerprint density at radius 3 is 2.88 bits per heavy atom. The number of aromatic carboxylic acids is 1. The summed E-state index contributed by atoms with van der Waals surface area (Å²) in [6.07, 6.45) is 1.58. The maximum atomic E-state index is 10.9. The molecule has 0 amide bonds. The predicted octanol–water partition coefficient (Wildman–Crippen LogP) is 1.14. The van der Waals surface area contributed by atoms with Crippen LogP contribution in [0.5, 0.6) is 0 Å². The van der Waals surface area contributed by atoms with Gasteiger partial charge in [0.15, 0.2) is 0 Å². The minimum absolute atomic E-state index is 0.142. The fraction of sp³-hybridized carbons (Fsp3) is 0.455. The molecule has 0 saturated carbocycles. The number of carboxylic acid groups (broad SMARTS) is 1. The molecule has 5 heteroatoms. The SMILES string of the molecule is CC(CN(C)C)Nc1ncccc1C(=O)O. The molecule has 88 valence electrons. The van der Waals surface area contributed by atoms with Crippen LogP contribution in [-0.2, 0) is 0 Å². The third-order valence-corrected chi connectivity index (χ3v) is 2.06. The maximum absolute atomic E-state index is 10.9. The minimum atomic E-state index is -0.965. The van der Waals surface area contributed by atoms with Crippen molar-refractivity contribution in [2.45, 2.75) is 13.0 Å². The number of nitrogens with zero attached hydrogens (tertiary/aromatic N) is 2. The summed E-state index contributed by atoms with van der Waals surface area (Å²) in [6.45, 7) is 2.80. The summed E-state index contributed by atoms with van der Waals surface area (Å²) in [7, 11) is 3.93. The quantitative estimate of drug-likeness (QED) is 0.783. The van der Waals surface area contributed by atoms with Crippen molar-refractivity contribution in [3.8, 4) is 0 Å². The van der Waals surface area contributed by atoms with Crippen molar-refractivity contribution in [1.29, 1.82) is 0 Å². The van der Waals surface area contributed by atoms with Crippen LogP contribution in [0.3, 0.4) is 0 Å². The smallest absolute Gasteiger partial charge is 0.339 e. The van der Waals surface area contributed by atoms with Gasteiger partial charge in [0, 0.05) is 18.8 Å². The molecule has 0 aromatic carbocycles. The Bertz CT molecular complexity index is 366. The zero-order valence-corrected chi connectivity index (χ0v) is 9.77. The molecule has 5 nitrogen and oxygen atoms in total. The van der Waals surface area contributed by atoms with E-state index >= 15 is 0 Å². The lowest BCUT2D eigenvalue weighted by Crippen LogP contribution is -2.30. The van der Waals surface area contributed by atoms with Crippen molar-refractivity contribution in [2.24, 2.45) is 0 Å². The summed E-state index contributed by atoms with van der Waals surface area (Å²) < 4.78 is 0. The average molecular weight is 223 g/mol. The van der Waals surface area contributed by atoms with Gasteiger partial charge in [-0.3, -0.25) is 0 Å². The summed E-state index contributed by atoms with van der Waals surface area (Å²) in [5, 5.41) is 12.1. The van der Waals surface area contributed by atoms with E-state index in [0.717, 1.165) is 6.54 Å². The van der Waals surface area contributed by atoms with Crippen molar-refractivity contribution in [3.63, 3.8) is 0 Å². The number of likely N-dealkylation sites (N-methyl/N-ethyl adjacent to an activating group) is 1. The largest absolute Gasteiger partial charge is 0.478 e. The van der Waals surface area contributed by atoms with Gasteiger partial charge in [0.1, 0.15) is 11.4 Å². The standard InChI is InChI=1S/C11H17N3O2/c1-8(7-14(2)3)13-10-9(11(15)16)5-4-6-12-10/h4-6,8H,7H2,1-3H3,(H,12,13)(H,15,16). The number of carboxylic acids is 1. The van der Waals surface area contributed by atoms with Gasteiger partial charge in [0.25, 0.3) is 0 Å². The highest BCUT2D eigenvalue weighted by molar-refractivity contribution is 5.93. The molecule has 0 spiro atoms. The molecule has 1 heterocycles. The fourth-order valence-corrected chi connectivity index (χ4v) is 1.52. The Morgan fingerprint density at radius 1 is 1.62 bits per heavy atom. The number of hydrogen-bond donors (Lipinski definition) is 2. The van der Waals surface area contributed by atoms with E-state index in [-0.39, 0.29) is 11.6 Å². The Labute approximate surface area is 95.1 Å². The highest BCUT2D eigenvalue weighted by Crippen LogP contribution is 2.12. The number of pyridine rings is 1. The van der Waals surface area contributed by atoms with Crippen LogP contribution in [-0.4, -0.2) is 47.6 Å². The fourth-order valence-electron chi connectivity index (χ4n) is 1.52. The highest BCUT2D eigenvalue weighted by atomic mass is 16.4. The van der Waals surface area contributed by atoms with Crippen molar-refractivity contribution in [1.82, 2.24) is 9.88 Å². The molecule has 1 unspecified atom stereocenters. The van der Waals surface area contributed by atoms with E-state index in [9.17, 15) is 4.79 Å². The monoisotopic (exact) mass is 223 g/mol. The van der Waals surface area contributed by atoms with Gasteiger partial charge in [-0.05, 0) is 33.2 Å². The molecule has 0 radical (unpaired) electrons. The first-order valence-electron chi connectivity index (χ1n) is 5.10. The van der Waals surface area contributed by atoms with Crippen LogP contribution in [0.2, 0.25) is 0 Å². The van der Waals surface area contributed by atoms with Crippen LogP contribution >= 0.6 is 0 Å². The van der Waals surface area contributed by atoms with Crippen LogP contribution in [0.1, 0.15) is 17.3 Å². The number of carbonyl (C=O) groups is 1. The molecule has 0 fully saturated rings. The summed E-state index contributed by atoms with van der Waals surface area (Å²) >= 11 is 0. The Balaban J connectivity index is 2.76. The lowest BCUT2D eigenvalue weighted by molar-refractivity contribution is 0.0697. The molecule has 2 N–H and O–H groups in total. The number of hydrogen-bond acceptors (Lipinski definition) is 4. The van der Waals surface area contributed by atoms with E-state index in [1.54, 1.807) is 18.3 Å². The summed E-state index contributed by atoms with van der Waals surface area (Å²) in [5.74, 6) is -0.544. The van der Waals surface area contributed by atoms with Crippen molar-refractivity contribution in [3.05, 3.63) is 23.9 Å². The Kier molecular flexibility index (Phi) is 4.25. The van der Waals surface area contributed by atoms with Crippen LogP contribution in [0.4, 0.5) is 5.82 Å². The first-order valence-corrected chi connectivity index (χ1v) is 5.10. The van der Waals surface area contributed by atoms with Gasteiger partial charge in [0.05, 0.1) is 0 Å². The topological polar surface area (TPSA) is 65.5 Å². The van der Waals surface area contributed by atoms with E-state index in [2.05, 4.69) is 10.3 Å².